The molecule has 0 atom stereocenters. The minimum Gasteiger partial charge on any atom is -0.478 e. The van der Waals surface area contributed by atoms with E-state index in [2.05, 4.69) is 17.0 Å². The molecule has 0 bridgehead atoms. The van der Waals surface area contributed by atoms with E-state index < -0.39 is 5.97 Å². The third-order valence-electron chi connectivity index (χ3n) is 4.03. The zero-order valence-corrected chi connectivity index (χ0v) is 12.0. The molecule has 1 fully saturated rings. The number of aromatic carboxylic acids is 1. The van der Waals surface area contributed by atoms with E-state index in [9.17, 15) is 9.90 Å². The van der Waals surface area contributed by atoms with Crippen molar-refractivity contribution in [2.45, 2.75) is 19.4 Å². The number of carbonyl (C=O) groups is 1. The minimum atomic E-state index is -0.864. The summed E-state index contributed by atoms with van der Waals surface area (Å²) in [6.07, 6.45) is 2.47. The lowest BCUT2D eigenvalue weighted by molar-refractivity contribution is 0.0696. The summed E-state index contributed by atoms with van der Waals surface area (Å²) in [6, 6.07) is 15.6. The molecule has 2 aromatic carbocycles. The molecule has 0 saturated carbocycles. The Morgan fingerprint density at radius 2 is 1.76 bits per heavy atom. The van der Waals surface area contributed by atoms with Crippen molar-refractivity contribution in [2.24, 2.45) is 0 Å². The summed E-state index contributed by atoms with van der Waals surface area (Å²) in [5.74, 6) is -0.864. The van der Waals surface area contributed by atoms with Crippen LogP contribution in [0.4, 0.5) is 0 Å². The normalized spacial score (nSPS) is 15.2. The molecule has 0 radical (unpaired) electrons. The molecule has 3 nitrogen and oxygen atoms in total. The second-order valence-electron chi connectivity index (χ2n) is 5.53. The van der Waals surface area contributed by atoms with Crippen LogP contribution in [0.15, 0.2) is 48.5 Å². The smallest absolute Gasteiger partial charge is 0.335 e. The first-order chi connectivity index (χ1) is 10.2. The van der Waals surface area contributed by atoms with Gasteiger partial charge in [-0.2, -0.15) is 0 Å². The molecular formula is C18H19NO2. The number of benzene rings is 2. The summed E-state index contributed by atoms with van der Waals surface area (Å²) in [6.45, 7) is 3.03. The van der Waals surface area contributed by atoms with Gasteiger partial charge in [-0.15, -0.1) is 0 Å². The van der Waals surface area contributed by atoms with Gasteiger partial charge in [-0.1, -0.05) is 36.4 Å². The molecule has 1 saturated heterocycles. The van der Waals surface area contributed by atoms with Crippen molar-refractivity contribution >= 4 is 5.97 Å². The second-order valence-corrected chi connectivity index (χ2v) is 5.53. The Bertz CT molecular complexity index is 631. The highest BCUT2D eigenvalue weighted by atomic mass is 16.4. The average Bonchev–Trinajstić information content (AvgIpc) is 3.01. The monoisotopic (exact) mass is 281 g/mol. The maximum Gasteiger partial charge on any atom is 0.335 e. The first kappa shape index (κ1) is 13.8. The van der Waals surface area contributed by atoms with Crippen molar-refractivity contribution in [3.8, 4) is 11.1 Å². The van der Waals surface area contributed by atoms with Crippen molar-refractivity contribution in [3.63, 3.8) is 0 Å². The van der Waals surface area contributed by atoms with Crippen molar-refractivity contribution in [3.05, 3.63) is 59.7 Å². The number of carboxylic acids is 1. The Morgan fingerprint density at radius 1 is 1.05 bits per heavy atom. The zero-order valence-electron chi connectivity index (χ0n) is 12.0. The number of likely N-dealkylation sites (tertiary alicyclic amines) is 1. The van der Waals surface area contributed by atoms with Gasteiger partial charge in [0.15, 0.2) is 0 Å². The Hall–Kier alpha value is -2.13. The first-order valence-electron chi connectivity index (χ1n) is 7.38. The summed E-state index contributed by atoms with van der Waals surface area (Å²) < 4.78 is 0. The molecule has 0 aliphatic carbocycles. The van der Waals surface area contributed by atoms with E-state index >= 15 is 0 Å². The maximum absolute atomic E-state index is 11.2. The van der Waals surface area contributed by atoms with E-state index in [0.717, 1.165) is 36.3 Å². The van der Waals surface area contributed by atoms with Gasteiger partial charge >= 0.3 is 5.97 Å². The van der Waals surface area contributed by atoms with Gasteiger partial charge in [-0.25, -0.2) is 4.79 Å². The van der Waals surface area contributed by atoms with Crippen LogP contribution in [0, 0.1) is 0 Å². The Morgan fingerprint density at radius 3 is 2.43 bits per heavy atom. The highest BCUT2D eigenvalue weighted by Gasteiger charge is 2.16. The van der Waals surface area contributed by atoms with E-state index in [1.54, 1.807) is 6.07 Å². The number of carboxylic acid groups (broad SMARTS) is 1. The molecule has 108 valence electrons. The van der Waals surface area contributed by atoms with Crippen LogP contribution in [0.2, 0.25) is 0 Å². The molecule has 1 aliphatic rings. The molecule has 1 heterocycles. The number of hydrogen-bond donors (Lipinski definition) is 1. The first-order valence-corrected chi connectivity index (χ1v) is 7.38. The van der Waals surface area contributed by atoms with Crippen LogP contribution >= 0.6 is 0 Å². The highest BCUT2D eigenvalue weighted by Crippen LogP contribution is 2.27. The predicted molar refractivity (Wildman–Crippen MR) is 83.3 cm³/mol. The summed E-state index contributed by atoms with van der Waals surface area (Å²) >= 11 is 0. The Balaban J connectivity index is 1.99. The van der Waals surface area contributed by atoms with Gasteiger partial charge in [-0.05, 0) is 54.8 Å². The molecule has 3 heteroatoms. The fourth-order valence-electron chi connectivity index (χ4n) is 2.94. The number of nitrogens with zero attached hydrogens (tertiary/aromatic N) is 1. The molecule has 3 rings (SSSR count). The summed E-state index contributed by atoms with van der Waals surface area (Å²) in [7, 11) is 0. The maximum atomic E-state index is 11.2. The SMILES string of the molecule is O=C(O)c1ccc(-c2ccccc2)c(CN2CCCC2)c1. The zero-order chi connectivity index (χ0) is 14.7. The van der Waals surface area contributed by atoms with Gasteiger partial charge in [0.2, 0.25) is 0 Å². The Kier molecular flexibility index (Phi) is 4.02. The van der Waals surface area contributed by atoms with E-state index in [1.165, 1.54) is 12.8 Å². The molecule has 1 aliphatic heterocycles. The van der Waals surface area contributed by atoms with Crippen molar-refractivity contribution in [1.82, 2.24) is 4.90 Å². The van der Waals surface area contributed by atoms with Gasteiger partial charge < -0.3 is 5.11 Å². The van der Waals surface area contributed by atoms with Crippen LogP contribution in [0.1, 0.15) is 28.8 Å². The lowest BCUT2D eigenvalue weighted by Crippen LogP contribution is -2.19. The van der Waals surface area contributed by atoms with Gasteiger partial charge in [0, 0.05) is 6.54 Å². The van der Waals surface area contributed by atoms with Crippen LogP contribution in [-0.2, 0) is 6.54 Å². The molecular weight excluding hydrogens is 262 g/mol. The van der Waals surface area contributed by atoms with Crippen LogP contribution in [0.5, 0.6) is 0 Å². The number of rotatable bonds is 4. The molecule has 1 N–H and O–H groups in total. The van der Waals surface area contributed by atoms with E-state index in [4.69, 9.17) is 0 Å². The quantitative estimate of drug-likeness (QED) is 0.930. The van der Waals surface area contributed by atoms with Gasteiger partial charge in [0.05, 0.1) is 5.56 Å². The summed E-state index contributed by atoms with van der Waals surface area (Å²) in [4.78, 5) is 13.6. The fraction of sp³-hybridized carbons (Fsp3) is 0.278. The third-order valence-corrected chi connectivity index (χ3v) is 4.03. The summed E-state index contributed by atoms with van der Waals surface area (Å²) in [5, 5.41) is 9.22. The standard InChI is InChI=1S/C18H19NO2/c20-18(21)15-8-9-17(14-6-2-1-3-7-14)16(12-15)13-19-10-4-5-11-19/h1-3,6-9,12H,4-5,10-11,13H2,(H,20,21). The molecule has 0 amide bonds. The van der Waals surface area contributed by atoms with Crippen molar-refractivity contribution in [1.29, 1.82) is 0 Å². The van der Waals surface area contributed by atoms with Gasteiger partial charge in [0.1, 0.15) is 0 Å². The molecule has 0 aromatic heterocycles. The topological polar surface area (TPSA) is 40.5 Å². The Labute approximate surface area is 124 Å². The highest BCUT2D eigenvalue weighted by molar-refractivity contribution is 5.89. The minimum absolute atomic E-state index is 0.365. The van der Waals surface area contributed by atoms with Crippen LogP contribution < -0.4 is 0 Å². The van der Waals surface area contributed by atoms with E-state index in [-0.39, 0.29) is 0 Å². The van der Waals surface area contributed by atoms with E-state index in [1.807, 2.05) is 30.3 Å². The lowest BCUT2D eigenvalue weighted by atomic mass is 9.97. The lowest BCUT2D eigenvalue weighted by Gasteiger charge is -2.18. The molecule has 2 aromatic rings. The van der Waals surface area contributed by atoms with Crippen molar-refractivity contribution < 1.29 is 9.90 Å². The average molecular weight is 281 g/mol. The van der Waals surface area contributed by atoms with Crippen LogP contribution in [0.3, 0.4) is 0 Å². The predicted octanol–water partition coefficient (Wildman–Crippen LogP) is 3.65. The third kappa shape index (κ3) is 3.14. The van der Waals surface area contributed by atoms with Crippen LogP contribution in [-0.4, -0.2) is 29.1 Å². The van der Waals surface area contributed by atoms with Crippen LogP contribution in [0.25, 0.3) is 11.1 Å². The molecule has 21 heavy (non-hydrogen) atoms. The number of hydrogen-bond acceptors (Lipinski definition) is 2. The van der Waals surface area contributed by atoms with Gasteiger partial charge in [-0.3, -0.25) is 4.90 Å². The van der Waals surface area contributed by atoms with Crippen molar-refractivity contribution in [2.75, 3.05) is 13.1 Å². The molecule has 0 unspecified atom stereocenters. The summed E-state index contributed by atoms with van der Waals surface area (Å²) in [5.41, 5.74) is 3.74. The second kappa shape index (κ2) is 6.10. The fourth-order valence-corrected chi connectivity index (χ4v) is 2.94. The molecule has 0 spiro atoms. The van der Waals surface area contributed by atoms with E-state index in [0.29, 0.717) is 5.56 Å². The largest absolute Gasteiger partial charge is 0.478 e. The van der Waals surface area contributed by atoms with Gasteiger partial charge in [0.25, 0.3) is 0 Å².